The Hall–Kier alpha value is -1.25. The molecule has 1 aromatic heterocycles. The summed E-state index contributed by atoms with van der Waals surface area (Å²) < 4.78 is 5.27. The van der Waals surface area contributed by atoms with E-state index in [1.54, 1.807) is 13.3 Å². The molecule has 0 radical (unpaired) electrons. The van der Waals surface area contributed by atoms with Crippen LogP contribution in [0, 0.1) is 18.8 Å². The third kappa shape index (κ3) is 3.40. The summed E-state index contributed by atoms with van der Waals surface area (Å²) in [5.74, 6) is 2.13. The number of anilines is 1. The van der Waals surface area contributed by atoms with Crippen molar-refractivity contribution in [2.24, 2.45) is 11.8 Å². The van der Waals surface area contributed by atoms with Crippen molar-refractivity contribution in [3.05, 3.63) is 18.0 Å². The van der Waals surface area contributed by atoms with Crippen LogP contribution in [0.3, 0.4) is 0 Å². The maximum Gasteiger partial charge on any atom is 0.160 e. The molecule has 0 aromatic carbocycles. The second kappa shape index (κ2) is 5.73. The summed E-state index contributed by atoms with van der Waals surface area (Å²) in [6.45, 7) is 9.66. The molecule has 0 aliphatic rings. The Kier molecular flexibility index (Phi) is 4.59. The van der Waals surface area contributed by atoms with Crippen molar-refractivity contribution in [2.45, 2.75) is 27.7 Å². The van der Waals surface area contributed by atoms with E-state index < -0.39 is 0 Å². The lowest BCUT2D eigenvalue weighted by Crippen LogP contribution is -2.16. The molecule has 1 rings (SSSR count). The minimum atomic E-state index is 0.637. The van der Waals surface area contributed by atoms with Crippen molar-refractivity contribution >= 4 is 5.69 Å². The maximum atomic E-state index is 5.27. The molecule has 0 amide bonds. The SMILES string of the molecule is COc1cnc(C)cc1NCC(C)C(C)C. The molecule has 1 aromatic rings. The number of pyridine rings is 1. The number of nitrogens with zero attached hydrogens (tertiary/aromatic N) is 1. The molecular weight excluding hydrogens is 200 g/mol. The van der Waals surface area contributed by atoms with Crippen LogP contribution in [0.1, 0.15) is 26.5 Å². The average molecular weight is 222 g/mol. The molecule has 0 aliphatic carbocycles. The number of aromatic nitrogens is 1. The molecule has 90 valence electrons. The van der Waals surface area contributed by atoms with Gasteiger partial charge in [0.2, 0.25) is 0 Å². The van der Waals surface area contributed by atoms with Crippen molar-refractivity contribution in [3.8, 4) is 5.75 Å². The van der Waals surface area contributed by atoms with Crippen LogP contribution in [0.15, 0.2) is 12.3 Å². The molecule has 1 atom stereocenters. The molecule has 0 bridgehead atoms. The second-order valence-corrected chi connectivity index (χ2v) is 4.63. The highest BCUT2D eigenvalue weighted by Crippen LogP contribution is 2.24. The van der Waals surface area contributed by atoms with Crippen molar-refractivity contribution in [3.63, 3.8) is 0 Å². The van der Waals surface area contributed by atoms with Gasteiger partial charge in [-0.05, 0) is 24.8 Å². The fourth-order valence-electron chi connectivity index (χ4n) is 1.35. The number of methoxy groups -OCH3 is 1. The first kappa shape index (κ1) is 12.8. The normalized spacial score (nSPS) is 12.6. The fourth-order valence-corrected chi connectivity index (χ4v) is 1.35. The van der Waals surface area contributed by atoms with E-state index in [2.05, 4.69) is 31.1 Å². The Morgan fingerprint density at radius 3 is 2.62 bits per heavy atom. The third-order valence-electron chi connectivity index (χ3n) is 2.98. The van der Waals surface area contributed by atoms with E-state index in [1.165, 1.54) is 0 Å². The highest BCUT2D eigenvalue weighted by atomic mass is 16.5. The van der Waals surface area contributed by atoms with Gasteiger partial charge in [0.1, 0.15) is 0 Å². The van der Waals surface area contributed by atoms with Crippen LogP contribution in [0.2, 0.25) is 0 Å². The molecule has 3 nitrogen and oxygen atoms in total. The maximum absolute atomic E-state index is 5.27. The predicted octanol–water partition coefficient (Wildman–Crippen LogP) is 3.10. The van der Waals surface area contributed by atoms with Crippen LogP contribution in [0.4, 0.5) is 5.69 Å². The summed E-state index contributed by atoms with van der Waals surface area (Å²) in [5, 5.41) is 3.42. The summed E-state index contributed by atoms with van der Waals surface area (Å²) in [6.07, 6.45) is 1.76. The van der Waals surface area contributed by atoms with Gasteiger partial charge in [0.15, 0.2) is 5.75 Å². The van der Waals surface area contributed by atoms with E-state index in [0.29, 0.717) is 11.8 Å². The third-order valence-corrected chi connectivity index (χ3v) is 2.98. The van der Waals surface area contributed by atoms with E-state index >= 15 is 0 Å². The van der Waals surface area contributed by atoms with Crippen molar-refractivity contribution in [1.29, 1.82) is 0 Å². The van der Waals surface area contributed by atoms with Crippen molar-refractivity contribution in [2.75, 3.05) is 19.0 Å². The van der Waals surface area contributed by atoms with Gasteiger partial charge in [0.05, 0.1) is 19.0 Å². The van der Waals surface area contributed by atoms with Gasteiger partial charge in [0, 0.05) is 12.2 Å². The number of aryl methyl sites for hydroxylation is 1. The minimum Gasteiger partial charge on any atom is -0.493 e. The molecule has 1 heterocycles. The number of hydrogen-bond acceptors (Lipinski definition) is 3. The van der Waals surface area contributed by atoms with Crippen LogP contribution >= 0.6 is 0 Å². The summed E-state index contributed by atoms with van der Waals surface area (Å²) in [7, 11) is 1.67. The quantitative estimate of drug-likeness (QED) is 0.831. The Bertz CT molecular complexity index is 337. The molecule has 1 N–H and O–H groups in total. The lowest BCUT2D eigenvalue weighted by atomic mass is 9.98. The lowest BCUT2D eigenvalue weighted by molar-refractivity contribution is 0.411. The summed E-state index contributed by atoms with van der Waals surface area (Å²) in [6, 6.07) is 2.02. The first-order chi connectivity index (χ1) is 7.54. The lowest BCUT2D eigenvalue weighted by Gasteiger charge is -2.18. The zero-order chi connectivity index (χ0) is 12.1. The molecule has 16 heavy (non-hydrogen) atoms. The van der Waals surface area contributed by atoms with E-state index in [1.807, 2.05) is 13.0 Å². The van der Waals surface area contributed by atoms with Gasteiger partial charge < -0.3 is 10.1 Å². The van der Waals surface area contributed by atoms with Gasteiger partial charge in [-0.1, -0.05) is 20.8 Å². The minimum absolute atomic E-state index is 0.637. The van der Waals surface area contributed by atoms with Crippen LogP contribution in [0.25, 0.3) is 0 Å². The van der Waals surface area contributed by atoms with E-state index in [-0.39, 0.29) is 0 Å². The van der Waals surface area contributed by atoms with Gasteiger partial charge in [-0.25, -0.2) is 0 Å². The molecule has 0 saturated heterocycles. The Labute approximate surface area is 98.2 Å². The van der Waals surface area contributed by atoms with E-state index in [9.17, 15) is 0 Å². The summed E-state index contributed by atoms with van der Waals surface area (Å²) in [5.41, 5.74) is 2.03. The number of nitrogens with one attached hydrogen (secondary N) is 1. The Morgan fingerprint density at radius 2 is 2.06 bits per heavy atom. The predicted molar refractivity (Wildman–Crippen MR) is 68.0 cm³/mol. The van der Waals surface area contributed by atoms with E-state index in [4.69, 9.17) is 4.74 Å². The van der Waals surface area contributed by atoms with E-state index in [0.717, 1.165) is 23.7 Å². The Morgan fingerprint density at radius 1 is 1.38 bits per heavy atom. The van der Waals surface area contributed by atoms with Crippen molar-refractivity contribution in [1.82, 2.24) is 4.98 Å². The standard InChI is InChI=1S/C13H22N2O/c1-9(2)10(3)7-15-12-6-11(4)14-8-13(12)16-5/h6,8-10H,7H2,1-5H3,(H,14,15). The summed E-state index contributed by atoms with van der Waals surface area (Å²) in [4.78, 5) is 4.21. The molecular formula is C13H22N2O. The van der Waals surface area contributed by atoms with Gasteiger partial charge in [-0.15, -0.1) is 0 Å². The van der Waals surface area contributed by atoms with Crippen molar-refractivity contribution < 1.29 is 4.74 Å². The highest BCUT2D eigenvalue weighted by molar-refractivity contribution is 5.55. The monoisotopic (exact) mass is 222 g/mol. The first-order valence-corrected chi connectivity index (χ1v) is 5.79. The first-order valence-electron chi connectivity index (χ1n) is 5.79. The zero-order valence-corrected chi connectivity index (χ0v) is 10.9. The molecule has 0 spiro atoms. The number of rotatable bonds is 5. The molecule has 1 unspecified atom stereocenters. The highest BCUT2D eigenvalue weighted by Gasteiger charge is 2.09. The second-order valence-electron chi connectivity index (χ2n) is 4.63. The van der Waals surface area contributed by atoms with Crippen LogP contribution < -0.4 is 10.1 Å². The molecule has 3 heteroatoms. The van der Waals surface area contributed by atoms with Crippen LogP contribution in [-0.4, -0.2) is 18.6 Å². The molecule has 0 saturated carbocycles. The number of ether oxygens (including phenoxy) is 1. The largest absolute Gasteiger partial charge is 0.493 e. The molecule has 0 fully saturated rings. The average Bonchev–Trinajstić information content (AvgIpc) is 2.25. The zero-order valence-electron chi connectivity index (χ0n) is 10.9. The van der Waals surface area contributed by atoms with Crippen LogP contribution in [0.5, 0.6) is 5.75 Å². The van der Waals surface area contributed by atoms with Gasteiger partial charge in [0.25, 0.3) is 0 Å². The van der Waals surface area contributed by atoms with Crippen LogP contribution in [-0.2, 0) is 0 Å². The van der Waals surface area contributed by atoms with Gasteiger partial charge in [-0.3, -0.25) is 4.98 Å². The van der Waals surface area contributed by atoms with Gasteiger partial charge in [-0.2, -0.15) is 0 Å². The van der Waals surface area contributed by atoms with Gasteiger partial charge >= 0.3 is 0 Å². The number of hydrogen-bond donors (Lipinski definition) is 1. The summed E-state index contributed by atoms with van der Waals surface area (Å²) >= 11 is 0. The Balaban J connectivity index is 2.68. The fraction of sp³-hybridized carbons (Fsp3) is 0.615. The topological polar surface area (TPSA) is 34.1 Å². The smallest absolute Gasteiger partial charge is 0.160 e. The molecule has 0 aliphatic heterocycles.